The van der Waals surface area contributed by atoms with E-state index in [4.69, 9.17) is 0 Å². The fraction of sp³-hybridized carbons (Fsp3) is 0.562. The third kappa shape index (κ3) is 3.80. The molecule has 1 aliphatic carbocycles. The first-order valence-corrected chi connectivity index (χ1v) is 7.04. The van der Waals surface area contributed by atoms with Crippen molar-refractivity contribution < 1.29 is 4.79 Å². The lowest BCUT2D eigenvalue weighted by Crippen LogP contribution is -2.43. The van der Waals surface area contributed by atoms with E-state index in [1.54, 1.807) is 0 Å². The van der Waals surface area contributed by atoms with Crippen LogP contribution in [0.1, 0.15) is 36.5 Å². The van der Waals surface area contributed by atoms with E-state index in [1.807, 2.05) is 14.0 Å². The van der Waals surface area contributed by atoms with Crippen molar-refractivity contribution in [2.75, 3.05) is 7.05 Å². The van der Waals surface area contributed by atoms with E-state index < -0.39 is 0 Å². The number of carbonyl (C=O) groups excluding carboxylic acids is 1. The number of amides is 1. The summed E-state index contributed by atoms with van der Waals surface area (Å²) in [5.74, 6) is 0.148. The van der Waals surface area contributed by atoms with Crippen LogP contribution in [0.3, 0.4) is 0 Å². The molecule has 1 aromatic carbocycles. The lowest BCUT2D eigenvalue weighted by molar-refractivity contribution is -0.125. The molecule has 1 aliphatic rings. The van der Waals surface area contributed by atoms with E-state index >= 15 is 0 Å². The van der Waals surface area contributed by atoms with E-state index in [0.717, 1.165) is 19.4 Å². The smallest absolute Gasteiger partial charge is 0.237 e. The predicted octanol–water partition coefficient (Wildman–Crippen LogP) is 2.40. The highest BCUT2D eigenvalue weighted by atomic mass is 16.2. The van der Waals surface area contributed by atoms with Gasteiger partial charge in [-0.05, 0) is 51.8 Å². The zero-order valence-corrected chi connectivity index (χ0v) is 12.4. The summed E-state index contributed by atoms with van der Waals surface area (Å²) in [6.45, 7) is 7.02. The largest absolute Gasteiger partial charge is 0.352 e. The molecular formula is C16H24N2O. The van der Waals surface area contributed by atoms with Gasteiger partial charge in [0, 0.05) is 12.6 Å². The Balaban J connectivity index is 1.94. The zero-order chi connectivity index (χ0) is 14.0. The van der Waals surface area contributed by atoms with Crippen molar-refractivity contribution in [3.8, 4) is 0 Å². The number of hydrogen-bond acceptors (Lipinski definition) is 2. The molecule has 0 aliphatic heterocycles. The number of hydrogen-bond donors (Lipinski definition) is 1. The number of benzene rings is 1. The monoisotopic (exact) mass is 260 g/mol. The van der Waals surface area contributed by atoms with Crippen molar-refractivity contribution in [3.05, 3.63) is 34.9 Å². The Morgan fingerprint density at radius 1 is 1.42 bits per heavy atom. The molecule has 0 radical (unpaired) electrons. The Kier molecular flexibility index (Phi) is 4.25. The molecular weight excluding hydrogens is 236 g/mol. The van der Waals surface area contributed by atoms with Crippen LogP contribution in [0.25, 0.3) is 0 Å². The average Bonchev–Trinajstić information content (AvgIpc) is 3.15. The summed E-state index contributed by atoms with van der Waals surface area (Å²) >= 11 is 0. The Bertz CT molecular complexity index is 466. The molecule has 1 N–H and O–H groups in total. The fourth-order valence-electron chi connectivity index (χ4n) is 2.18. The summed E-state index contributed by atoms with van der Waals surface area (Å²) in [7, 11) is 2.01. The summed E-state index contributed by atoms with van der Waals surface area (Å²) in [5, 5.41) is 3.06. The molecule has 0 spiro atoms. The lowest BCUT2D eigenvalue weighted by Gasteiger charge is -2.24. The molecule has 0 unspecified atom stereocenters. The van der Waals surface area contributed by atoms with Crippen LogP contribution in [0, 0.1) is 13.8 Å². The first kappa shape index (κ1) is 14.1. The van der Waals surface area contributed by atoms with E-state index in [-0.39, 0.29) is 11.9 Å². The van der Waals surface area contributed by atoms with Gasteiger partial charge in [0.2, 0.25) is 5.91 Å². The van der Waals surface area contributed by atoms with Gasteiger partial charge in [0.15, 0.2) is 0 Å². The summed E-state index contributed by atoms with van der Waals surface area (Å²) in [5.41, 5.74) is 3.87. The Labute approximate surface area is 116 Å². The number of nitrogens with one attached hydrogen (secondary N) is 1. The van der Waals surface area contributed by atoms with Crippen molar-refractivity contribution in [1.82, 2.24) is 10.2 Å². The first-order chi connectivity index (χ1) is 8.97. The third-order valence-corrected chi connectivity index (χ3v) is 3.88. The van der Waals surface area contributed by atoms with Crippen molar-refractivity contribution in [1.29, 1.82) is 0 Å². The lowest BCUT2D eigenvalue weighted by atomic mass is 10.0. The van der Waals surface area contributed by atoms with Gasteiger partial charge < -0.3 is 5.32 Å². The molecule has 2 rings (SSSR count). The van der Waals surface area contributed by atoms with Gasteiger partial charge in [-0.15, -0.1) is 0 Å². The van der Waals surface area contributed by atoms with Gasteiger partial charge in [-0.1, -0.05) is 23.8 Å². The molecule has 0 saturated heterocycles. The minimum absolute atomic E-state index is 0.0821. The number of carbonyl (C=O) groups is 1. The summed E-state index contributed by atoms with van der Waals surface area (Å²) < 4.78 is 0. The normalized spacial score (nSPS) is 16.5. The number of rotatable bonds is 5. The van der Waals surface area contributed by atoms with Crippen LogP contribution in [0.5, 0.6) is 0 Å². The number of nitrogens with zero attached hydrogens (tertiary/aromatic N) is 1. The van der Waals surface area contributed by atoms with E-state index in [0.29, 0.717) is 6.04 Å². The first-order valence-electron chi connectivity index (χ1n) is 7.04. The summed E-state index contributed by atoms with van der Waals surface area (Å²) in [4.78, 5) is 14.1. The second-order valence-electron chi connectivity index (χ2n) is 5.80. The van der Waals surface area contributed by atoms with Gasteiger partial charge in [0.05, 0.1) is 6.04 Å². The van der Waals surface area contributed by atoms with Crippen LogP contribution in [0.15, 0.2) is 18.2 Å². The standard InChI is InChI=1S/C16H24N2O/c1-11-5-6-14(12(2)9-11)10-18(4)13(3)16(19)17-15-7-8-15/h5-6,9,13,15H,7-8,10H2,1-4H3,(H,17,19)/t13-/m1/s1. The minimum atomic E-state index is -0.0821. The van der Waals surface area contributed by atoms with Crippen LogP contribution in [-0.2, 0) is 11.3 Å². The van der Waals surface area contributed by atoms with Gasteiger partial charge in [0.1, 0.15) is 0 Å². The molecule has 0 aromatic heterocycles. The fourth-order valence-corrected chi connectivity index (χ4v) is 2.18. The highest BCUT2D eigenvalue weighted by molar-refractivity contribution is 5.81. The molecule has 1 atom stereocenters. The van der Waals surface area contributed by atoms with Crippen molar-refractivity contribution >= 4 is 5.91 Å². The molecule has 1 saturated carbocycles. The maximum Gasteiger partial charge on any atom is 0.237 e. The SMILES string of the molecule is Cc1ccc(CN(C)[C@H](C)C(=O)NC2CC2)c(C)c1. The van der Waals surface area contributed by atoms with E-state index in [2.05, 4.69) is 42.3 Å². The van der Waals surface area contributed by atoms with Gasteiger partial charge in [0.25, 0.3) is 0 Å². The van der Waals surface area contributed by atoms with E-state index in [9.17, 15) is 4.79 Å². The molecule has 1 aromatic rings. The van der Waals surface area contributed by atoms with Crippen LogP contribution < -0.4 is 5.32 Å². The Morgan fingerprint density at radius 3 is 2.68 bits per heavy atom. The van der Waals surface area contributed by atoms with Crippen LogP contribution in [0.4, 0.5) is 0 Å². The molecule has 104 valence electrons. The Hall–Kier alpha value is -1.35. The maximum absolute atomic E-state index is 12.0. The molecule has 19 heavy (non-hydrogen) atoms. The van der Waals surface area contributed by atoms with Crippen molar-refractivity contribution in [2.24, 2.45) is 0 Å². The molecule has 1 amide bonds. The highest BCUT2D eigenvalue weighted by Crippen LogP contribution is 2.19. The molecule has 1 fully saturated rings. The van der Waals surface area contributed by atoms with Gasteiger partial charge in [-0.2, -0.15) is 0 Å². The minimum Gasteiger partial charge on any atom is -0.352 e. The molecule has 3 nitrogen and oxygen atoms in total. The Morgan fingerprint density at radius 2 is 2.11 bits per heavy atom. The summed E-state index contributed by atoms with van der Waals surface area (Å²) in [6, 6.07) is 6.83. The van der Waals surface area contributed by atoms with Crippen LogP contribution in [0.2, 0.25) is 0 Å². The number of aryl methyl sites for hydroxylation is 2. The zero-order valence-electron chi connectivity index (χ0n) is 12.4. The van der Waals surface area contributed by atoms with Crippen LogP contribution >= 0.6 is 0 Å². The predicted molar refractivity (Wildman–Crippen MR) is 78.0 cm³/mol. The van der Waals surface area contributed by atoms with Gasteiger partial charge >= 0.3 is 0 Å². The van der Waals surface area contributed by atoms with E-state index in [1.165, 1.54) is 16.7 Å². The van der Waals surface area contributed by atoms with Crippen LogP contribution in [-0.4, -0.2) is 29.9 Å². The summed E-state index contributed by atoms with van der Waals surface area (Å²) in [6.07, 6.45) is 2.28. The highest BCUT2D eigenvalue weighted by Gasteiger charge is 2.27. The average molecular weight is 260 g/mol. The molecule has 0 bridgehead atoms. The molecule has 3 heteroatoms. The van der Waals surface area contributed by atoms with Gasteiger partial charge in [-0.25, -0.2) is 0 Å². The maximum atomic E-state index is 12.0. The van der Waals surface area contributed by atoms with Crippen molar-refractivity contribution in [3.63, 3.8) is 0 Å². The topological polar surface area (TPSA) is 32.3 Å². The quantitative estimate of drug-likeness (QED) is 0.881. The van der Waals surface area contributed by atoms with Crippen molar-refractivity contribution in [2.45, 2.75) is 52.2 Å². The number of likely N-dealkylation sites (N-methyl/N-ethyl adjacent to an activating group) is 1. The second kappa shape index (κ2) is 5.74. The third-order valence-electron chi connectivity index (χ3n) is 3.88. The molecule has 0 heterocycles. The second-order valence-corrected chi connectivity index (χ2v) is 5.80. The van der Waals surface area contributed by atoms with Gasteiger partial charge in [-0.3, -0.25) is 9.69 Å².